The second kappa shape index (κ2) is 5.45. The van der Waals surface area contributed by atoms with E-state index >= 15 is 0 Å². The van der Waals surface area contributed by atoms with Gasteiger partial charge in [-0.3, -0.25) is 4.79 Å². The summed E-state index contributed by atoms with van der Waals surface area (Å²) >= 11 is 0. The number of carbonyl (C=O) groups is 1. The van der Waals surface area contributed by atoms with Gasteiger partial charge in [0.25, 0.3) is 0 Å². The van der Waals surface area contributed by atoms with Crippen LogP contribution in [-0.2, 0) is 17.6 Å². The standard InChI is InChI=1S/C20H19NO/c22-19-11-5-10-18(21-19)20-16-8-3-1-6-14(16)12-13-15-7-2-4-9-17(15)20/h1-4,6-9H,5,10-13H2,(H,21,22). The smallest absolute Gasteiger partial charge is 0.224 e. The number of allylic oxidation sites excluding steroid dienone is 1. The predicted octanol–water partition coefficient (Wildman–Crippen LogP) is 3.84. The van der Waals surface area contributed by atoms with Crippen molar-refractivity contribution in [2.45, 2.75) is 32.1 Å². The molecule has 2 aromatic carbocycles. The molecule has 1 aliphatic carbocycles. The monoisotopic (exact) mass is 289 g/mol. The van der Waals surface area contributed by atoms with Gasteiger partial charge in [0, 0.05) is 17.7 Å². The van der Waals surface area contributed by atoms with Gasteiger partial charge in [-0.25, -0.2) is 0 Å². The van der Waals surface area contributed by atoms with Crippen LogP contribution in [0.15, 0.2) is 54.2 Å². The molecule has 1 aliphatic heterocycles. The van der Waals surface area contributed by atoms with Gasteiger partial charge in [0.05, 0.1) is 0 Å². The maximum absolute atomic E-state index is 11.9. The van der Waals surface area contributed by atoms with Crippen LogP contribution in [0.25, 0.3) is 5.57 Å². The van der Waals surface area contributed by atoms with Crippen LogP contribution in [0.4, 0.5) is 0 Å². The van der Waals surface area contributed by atoms with E-state index in [4.69, 9.17) is 0 Å². The minimum absolute atomic E-state index is 0.146. The van der Waals surface area contributed by atoms with Crippen LogP contribution in [0.1, 0.15) is 41.5 Å². The topological polar surface area (TPSA) is 29.1 Å². The lowest BCUT2D eigenvalue weighted by atomic mass is 9.90. The third-order valence-corrected chi connectivity index (χ3v) is 4.66. The van der Waals surface area contributed by atoms with Crippen molar-refractivity contribution in [3.05, 3.63) is 76.5 Å². The minimum Gasteiger partial charge on any atom is -0.329 e. The van der Waals surface area contributed by atoms with Crippen molar-refractivity contribution in [2.24, 2.45) is 0 Å². The van der Waals surface area contributed by atoms with E-state index in [-0.39, 0.29) is 5.91 Å². The Labute approximate surface area is 130 Å². The summed E-state index contributed by atoms with van der Waals surface area (Å²) in [7, 11) is 0. The maximum Gasteiger partial charge on any atom is 0.224 e. The molecule has 1 amide bonds. The van der Waals surface area contributed by atoms with E-state index in [0.29, 0.717) is 6.42 Å². The van der Waals surface area contributed by atoms with Crippen molar-refractivity contribution >= 4 is 11.5 Å². The van der Waals surface area contributed by atoms with E-state index in [1.807, 2.05) is 0 Å². The molecule has 2 aliphatic rings. The number of piperidine rings is 1. The molecule has 2 nitrogen and oxygen atoms in total. The highest BCUT2D eigenvalue weighted by molar-refractivity contribution is 5.90. The Hall–Kier alpha value is -2.35. The predicted molar refractivity (Wildman–Crippen MR) is 88.3 cm³/mol. The summed E-state index contributed by atoms with van der Waals surface area (Å²) < 4.78 is 0. The largest absolute Gasteiger partial charge is 0.329 e. The summed E-state index contributed by atoms with van der Waals surface area (Å²) in [5, 5.41) is 3.14. The Bertz CT molecular complexity index is 723. The molecule has 2 aromatic rings. The molecule has 0 saturated carbocycles. The Balaban J connectivity index is 1.99. The molecule has 1 N–H and O–H groups in total. The molecule has 1 heterocycles. The van der Waals surface area contributed by atoms with Gasteiger partial charge >= 0.3 is 0 Å². The highest BCUT2D eigenvalue weighted by Gasteiger charge is 2.23. The number of fused-ring (bicyclic) bond motifs is 2. The van der Waals surface area contributed by atoms with Crippen LogP contribution < -0.4 is 5.32 Å². The van der Waals surface area contributed by atoms with Gasteiger partial charge < -0.3 is 5.32 Å². The van der Waals surface area contributed by atoms with E-state index in [1.165, 1.54) is 27.8 Å². The van der Waals surface area contributed by atoms with Gasteiger partial charge in [0.1, 0.15) is 0 Å². The maximum atomic E-state index is 11.9. The Morgan fingerprint density at radius 3 is 1.91 bits per heavy atom. The fourth-order valence-electron chi connectivity index (χ4n) is 3.61. The van der Waals surface area contributed by atoms with Crippen LogP contribution in [0.2, 0.25) is 0 Å². The van der Waals surface area contributed by atoms with Crippen molar-refractivity contribution in [1.82, 2.24) is 5.32 Å². The average Bonchev–Trinajstić information content (AvgIpc) is 2.71. The van der Waals surface area contributed by atoms with Gasteiger partial charge in [0.15, 0.2) is 0 Å². The number of hydrogen-bond donors (Lipinski definition) is 1. The first-order chi connectivity index (χ1) is 10.8. The van der Waals surface area contributed by atoms with Crippen molar-refractivity contribution in [3.63, 3.8) is 0 Å². The van der Waals surface area contributed by atoms with E-state index in [0.717, 1.165) is 31.4 Å². The van der Waals surface area contributed by atoms with Crippen LogP contribution in [0.3, 0.4) is 0 Å². The first-order valence-electron chi connectivity index (χ1n) is 8.02. The highest BCUT2D eigenvalue weighted by Crippen LogP contribution is 2.36. The lowest BCUT2D eigenvalue weighted by molar-refractivity contribution is -0.121. The Morgan fingerprint density at radius 2 is 1.32 bits per heavy atom. The van der Waals surface area contributed by atoms with Crippen molar-refractivity contribution in [2.75, 3.05) is 0 Å². The lowest BCUT2D eigenvalue weighted by Crippen LogP contribution is -2.28. The second-order valence-corrected chi connectivity index (χ2v) is 6.07. The third kappa shape index (κ3) is 2.25. The Kier molecular flexibility index (Phi) is 3.30. The fraction of sp³-hybridized carbons (Fsp3) is 0.250. The molecule has 2 heteroatoms. The third-order valence-electron chi connectivity index (χ3n) is 4.66. The van der Waals surface area contributed by atoms with Gasteiger partial charge in [-0.2, -0.15) is 0 Å². The highest BCUT2D eigenvalue weighted by atomic mass is 16.1. The summed E-state index contributed by atoms with van der Waals surface area (Å²) in [6.07, 6.45) is 4.63. The molecule has 0 radical (unpaired) electrons. The van der Waals surface area contributed by atoms with E-state index < -0.39 is 0 Å². The number of amides is 1. The van der Waals surface area contributed by atoms with Crippen LogP contribution >= 0.6 is 0 Å². The second-order valence-electron chi connectivity index (χ2n) is 6.07. The molecule has 4 rings (SSSR count). The summed E-state index contributed by atoms with van der Waals surface area (Å²) in [6, 6.07) is 17.2. The van der Waals surface area contributed by atoms with Gasteiger partial charge in [0.2, 0.25) is 5.91 Å². The molecular weight excluding hydrogens is 270 g/mol. The summed E-state index contributed by atoms with van der Waals surface area (Å²) in [4.78, 5) is 11.9. The molecule has 22 heavy (non-hydrogen) atoms. The van der Waals surface area contributed by atoms with Crippen molar-refractivity contribution in [3.8, 4) is 0 Å². The molecule has 1 saturated heterocycles. The quantitative estimate of drug-likeness (QED) is 0.784. The normalized spacial score (nSPS) is 17.4. The average molecular weight is 289 g/mol. The van der Waals surface area contributed by atoms with E-state index in [2.05, 4.69) is 53.8 Å². The molecule has 0 unspecified atom stereocenters. The number of hydrogen-bond acceptors (Lipinski definition) is 1. The zero-order chi connectivity index (χ0) is 14.9. The number of carbonyl (C=O) groups excluding carboxylic acids is 1. The van der Waals surface area contributed by atoms with Crippen molar-refractivity contribution < 1.29 is 4.79 Å². The summed E-state index contributed by atoms with van der Waals surface area (Å²) in [5.41, 5.74) is 7.64. The molecule has 0 spiro atoms. The van der Waals surface area contributed by atoms with Gasteiger partial charge in [-0.1, -0.05) is 48.5 Å². The van der Waals surface area contributed by atoms with E-state index in [1.54, 1.807) is 0 Å². The first-order valence-corrected chi connectivity index (χ1v) is 8.02. The van der Waals surface area contributed by atoms with E-state index in [9.17, 15) is 4.79 Å². The number of rotatable bonds is 0. The SMILES string of the molecule is O=C1CCCC(=C2c3ccccc3CCc3ccccc32)N1. The molecular formula is C20H19NO. The Morgan fingerprint density at radius 1 is 0.727 bits per heavy atom. The van der Waals surface area contributed by atoms with Crippen LogP contribution in [-0.4, -0.2) is 5.91 Å². The van der Waals surface area contributed by atoms with Crippen LogP contribution in [0.5, 0.6) is 0 Å². The number of nitrogens with one attached hydrogen (secondary N) is 1. The van der Waals surface area contributed by atoms with Gasteiger partial charge in [-0.05, 0) is 47.9 Å². The minimum atomic E-state index is 0.146. The molecule has 1 fully saturated rings. The summed E-state index contributed by atoms with van der Waals surface area (Å²) in [5.74, 6) is 0.146. The zero-order valence-electron chi connectivity index (χ0n) is 12.6. The fourth-order valence-corrected chi connectivity index (χ4v) is 3.61. The lowest BCUT2D eigenvalue weighted by Gasteiger charge is -2.22. The zero-order valence-corrected chi connectivity index (χ0v) is 12.6. The first kappa shape index (κ1) is 13.3. The molecule has 110 valence electrons. The van der Waals surface area contributed by atoms with Gasteiger partial charge in [-0.15, -0.1) is 0 Å². The molecule has 0 aromatic heterocycles. The number of benzene rings is 2. The number of aryl methyl sites for hydroxylation is 2. The van der Waals surface area contributed by atoms with Crippen molar-refractivity contribution in [1.29, 1.82) is 0 Å². The molecule has 0 bridgehead atoms. The van der Waals surface area contributed by atoms with Crippen LogP contribution in [0, 0.1) is 0 Å². The summed E-state index contributed by atoms with van der Waals surface area (Å²) in [6.45, 7) is 0. The molecule has 0 atom stereocenters.